The minimum absolute atomic E-state index is 0.0238. The molecule has 1 N–H and O–H groups in total. The third-order valence-electron chi connectivity index (χ3n) is 7.38. The molecule has 0 unspecified atom stereocenters. The Balaban J connectivity index is 3.21. The van der Waals surface area contributed by atoms with Crippen LogP contribution in [-0.4, -0.2) is 18.2 Å². The number of hydrogen-bond acceptors (Lipinski definition) is 3. The minimum Gasteiger partial charge on any atom is -0.506 e. The van der Waals surface area contributed by atoms with E-state index in [0.717, 1.165) is 33.4 Å². The maximum atomic E-state index is 13.6. The zero-order chi connectivity index (χ0) is 28.4. The molecule has 2 aromatic carbocycles. The lowest BCUT2D eigenvalue weighted by Gasteiger charge is -2.27. The maximum absolute atomic E-state index is 13.6. The van der Waals surface area contributed by atoms with Crippen LogP contribution in [0.4, 0.5) is 0 Å². The molecule has 2 aromatic rings. The van der Waals surface area contributed by atoms with Gasteiger partial charge in [-0.15, -0.1) is 0 Å². The van der Waals surface area contributed by atoms with Crippen LogP contribution in [-0.2, 0) is 9.53 Å². The lowest BCUT2D eigenvalue weighted by molar-refractivity contribution is -0.133. The van der Waals surface area contributed by atoms with Crippen molar-refractivity contribution >= 4 is 17.3 Å². The van der Waals surface area contributed by atoms with Crippen LogP contribution in [0.1, 0.15) is 163 Å². The molecule has 37 heavy (non-hydrogen) atoms. The highest BCUT2D eigenvalue weighted by atomic mass is 16.5. The standard InChI is InChI=1S/C34H50O3/c1-18(2)24-14-26(20(5)6)30(27(15-24)21(7)8)32(34(36)37-13)33(35)31-28(22(9)10)16-25(19(3)4)17-29(31)23(11)12/h14-23,35H,1-13H3/b33-32+. The quantitative estimate of drug-likeness (QED) is 0.159. The first-order chi connectivity index (χ1) is 17.1. The highest BCUT2D eigenvalue weighted by molar-refractivity contribution is 6.24. The Bertz CT molecular complexity index is 1090. The third kappa shape index (κ3) is 6.48. The fourth-order valence-corrected chi connectivity index (χ4v) is 5.02. The lowest BCUT2D eigenvalue weighted by Crippen LogP contribution is -2.15. The normalized spacial score (nSPS) is 12.9. The average Bonchev–Trinajstić information content (AvgIpc) is 2.82. The van der Waals surface area contributed by atoms with Gasteiger partial charge in [0.05, 0.1) is 7.11 Å². The summed E-state index contributed by atoms with van der Waals surface area (Å²) in [6, 6.07) is 8.83. The van der Waals surface area contributed by atoms with Gasteiger partial charge in [0.2, 0.25) is 0 Å². The van der Waals surface area contributed by atoms with Crippen molar-refractivity contribution in [1.29, 1.82) is 0 Å². The summed E-state index contributed by atoms with van der Waals surface area (Å²) in [7, 11) is 1.40. The van der Waals surface area contributed by atoms with Crippen LogP contribution < -0.4 is 0 Å². The number of aliphatic hydroxyl groups is 1. The van der Waals surface area contributed by atoms with E-state index in [0.29, 0.717) is 11.8 Å². The third-order valence-corrected chi connectivity index (χ3v) is 7.38. The number of esters is 1. The summed E-state index contributed by atoms with van der Waals surface area (Å²) in [4.78, 5) is 13.6. The monoisotopic (exact) mass is 506 g/mol. The maximum Gasteiger partial charge on any atom is 0.342 e. The van der Waals surface area contributed by atoms with Gasteiger partial charge in [0.25, 0.3) is 0 Å². The largest absolute Gasteiger partial charge is 0.506 e. The van der Waals surface area contributed by atoms with Crippen molar-refractivity contribution in [3.8, 4) is 0 Å². The smallest absolute Gasteiger partial charge is 0.342 e. The van der Waals surface area contributed by atoms with E-state index >= 15 is 0 Å². The van der Waals surface area contributed by atoms with Crippen molar-refractivity contribution in [2.45, 2.75) is 119 Å². The van der Waals surface area contributed by atoms with Crippen LogP contribution in [0.3, 0.4) is 0 Å². The molecule has 0 aromatic heterocycles. The highest BCUT2D eigenvalue weighted by Gasteiger charge is 2.30. The van der Waals surface area contributed by atoms with Crippen molar-refractivity contribution in [3.05, 3.63) is 68.8 Å². The minimum atomic E-state index is -0.504. The average molecular weight is 507 g/mol. The summed E-state index contributed by atoms with van der Waals surface area (Å²) in [6.07, 6.45) is 0. The molecule has 0 radical (unpaired) electrons. The number of hydrogen-bond donors (Lipinski definition) is 1. The van der Waals surface area contributed by atoms with Gasteiger partial charge in [0, 0.05) is 5.56 Å². The Labute approximate surface area is 226 Å². The van der Waals surface area contributed by atoms with Crippen molar-refractivity contribution in [1.82, 2.24) is 0 Å². The molecule has 0 spiro atoms. The van der Waals surface area contributed by atoms with Gasteiger partial charge >= 0.3 is 5.97 Å². The van der Waals surface area contributed by atoms with Gasteiger partial charge < -0.3 is 9.84 Å². The van der Waals surface area contributed by atoms with Crippen molar-refractivity contribution in [2.75, 3.05) is 7.11 Å². The van der Waals surface area contributed by atoms with Crippen molar-refractivity contribution in [2.24, 2.45) is 0 Å². The van der Waals surface area contributed by atoms with E-state index in [-0.39, 0.29) is 35.0 Å². The van der Waals surface area contributed by atoms with E-state index in [1.165, 1.54) is 18.2 Å². The van der Waals surface area contributed by atoms with E-state index in [1.807, 2.05) is 0 Å². The molecule has 0 saturated heterocycles. The Morgan fingerprint density at radius 2 is 0.865 bits per heavy atom. The van der Waals surface area contributed by atoms with Gasteiger partial charge in [-0.2, -0.15) is 0 Å². The molecule has 204 valence electrons. The van der Waals surface area contributed by atoms with E-state index < -0.39 is 5.97 Å². The second-order valence-electron chi connectivity index (χ2n) is 12.3. The topological polar surface area (TPSA) is 46.5 Å². The van der Waals surface area contributed by atoms with Crippen LogP contribution in [0.15, 0.2) is 24.3 Å². The summed E-state index contributed by atoms with van der Waals surface area (Å²) in [5.41, 5.74) is 8.60. The first-order valence-corrected chi connectivity index (χ1v) is 14.0. The van der Waals surface area contributed by atoms with Crippen LogP contribution in [0, 0.1) is 0 Å². The Morgan fingerprint density at radius 3 is 1.11 bits per heavy atom. The van der Waals surface area contributed by atoms with Crippen molar-refractivity contribution < 1.29 is 14.6 Å². The van der Waals surface area contributed by atoms with Gasteiger partial charge in [-0.3, -0.25) is 0 Å². The van der Waals surface area contributed by atoms with Crippen molar-refractivity contribution in [3.63, 3.8) is 0 Å². The molecule has 0 atom stereocenters. The summed E-state index contributed by atoms with van der Waals surface area (Å²) in [6.45, 7) is 26.0. The predicted molar refractivity (Wildman–Crippen MR) is 159 cm³/mol. The number of ether oxygens (including phenoxy) is 1. The number of carbonyl (C=O) groups is 1. The molecule has 0 saturated carbocycles. The molecule has 0 aliphatic carbocycles. The number of carbonyl (C=O) groups excluding carboxylic acids is 1. The van der Waals surface area contributed by atoms with Crippen LogP contribution in [0.2, 0.25) is 0 Å². The molecule has 0 heterocycles. The summed E-state index contributed by atoms with van der Waals surface area (Å²) in [5.74, 6) is 0.902. The number of aliphatic hydroxyl groups excluding tert-OH is 1. The summed E-state index contributed by atoms with van der Waals surface area (Å²) in [5, 5.41) is 12.2. The number of rotatable bonds is 9. The van der Waals surface area contributed by atoms with E-state index in [4.69, 9.17) is 4.74 Å². The molecule has 3 heteroatoms. The molecular formula is C34H50O3. The molecule has 2 rings (SSSR count). The van der Waals surface area contributed by atoms with E-state index in [9.17, 15) is 9.90 Å². The Hall–Kier alpha value is -2.55. The highest BCUT2D eigenvalue weighted by Crippen LogP contribution is 2.42. The fraction of sp³-hybridized carbons (Fsp3) is 0.559. The fourth-order valence-electron chi connectivity index (χ4n) is 5.02. The zero-order valence-electron chi connectivity index (χ0n) is 25.5. The second-order valence-corrected chi connectivity index (χ2v) is 12.3. The van der Waals surface area contributed by atoms with E-state index in [1.54, 1.807) is 0 Å². The molecule has 0 aliphatic rings. The Morgan fingerprint density at radius 1 is 0.568 bits per heavy atom. The van der Waals surface area contributed by atoms with Crippen LogP contribution in [0.25, 0.3) is 11.3 Å². The molecule has 0 bridgehead atoms. The predicted octanol–water partition coefficient (Wildman–Crippen LogP) is 10.0. The molecular weight excluding hydrogens is 456 g/mol. The summed E-state index contributed by atoms with van der Waals surface area (Å²) < 4.78 is 5.36. The van der Waals surface area contributed by atoms with Gasteiger partial charge in [-0.05, 0) is 74.5 Å². The number of methoxy groups -OCH3 is 1. The molecule has 0 amide bonds. The lowest BCUT2D eigenvalue weighted by atomic mass is 9.78. The SMILES string of the molecule is COC(=O)/C(=C(/O)c1c(C(C)C)cc(C(C)C)cc1C(C)C)c1c(C(C)C)cc(C(C)C)cc1C(C)C. The first kappa shape index (κ1) is 30.7. The molecule has 3 nitrogen and oxygen atoms in total. The van der Waals surface area contributed by atoms with E-state index in [2.05, 4.69) is 107 Å². The first-order valence-electron chi connectivity index (χ1n) is 14.0. The number of benzene rings is 2. The van der Waals surface area contributed by atoms with Gasteiger partial charge in [-0.1, -0.05) is 107 Å². The summed E-state index contributed by atoms with van der Waals surface area (Å²) >= 11 is 0. The molecule has 0 fully saturated rings. The van der Waals surface area contributed by atoms with Crippen LogP contribution in [0.5, 0.6) is 0 Å². The molecule has 0 aliphatic heterocycles. The van der Waals surface area contributed by atoms with Gasteiger partial charge in [-0.25, -0.2) is 4.79 Å². The van der Waals surface area contributed by atoms with Gasteiger partial charge in [0.15, 0.2) is 0 Å². The zero-order valence-corrected chi connectivity index (χ0v) is 25.5. The second kappa shape index (κ2) is 12.3. The Kier molecular flexibility index (Phi) is 10.2. The van der Waals surface area contributed by atoms with Crippen LogP contribution >= 0.6 is 0 Å². The van der Waals surface area contributed by atoms with Gasteiger partial charge in [0.1, 0.15) is 11.3 Å².